The Balaban J connectivity index is 1.59. The maximum absolute atomic E-state index is 13.0. The van der Waals surface area contributed by atoms with Crippen LogP contribution in [0.15, 0.2) is 0 Å². The zero-order valence-electron chi connectivity index (χ0n) is 17.3. The molecule has 152 valence electrons. The van der Waals surface area contributed by atoms with E-state index in [2.05, 4.69) is 27.0 Å². The van der Waals surface area contributed by atoms with Gasteiger partial charge in [-0.2, -0.15) is 0 Å². The normalized spacial score (nSPS) is 20.8. The van der Waals surface area contributed by atoms with Crippen LogP contribution in [-0.2, 0) is 0 Å². The van der Waals surface area contributed by atoms with E-state index in [0.717, 1.165) is 65.0 Å². The van der Waals surface area contributed by atoms with Crippen LogP contribution in [-0.4, -0.2) is 59.5 Å². The average molecular weight is 402 g/mol. The molecule has 2 aliphatic heterocycles. The van der Waals surface area contributed by atoms with Crippen molar-refractivity contribution in [2.45, 2.75) is 58.9 Å². The molecule has 0 aliphatic carbocycles. The number of hydrogen-bond donors (Lipinski definition) is 1. The quantitative estimate of drug-likeness (QED) is 0.831. The van der Waals surface area contributed by atoms with E-state index < -0.39 is 0 Å². The average Bonchev–Trinajstić information content (AvgIpc) is 3.30. The molecule has 0 bridgehead atoms. The third-order valence-electron chi connectivity index (χ3n) is 6.15. The summed E-state index contributed by atoms with van der Waals surface area (Å²) in [4.78, 5) is 29.0. The number of hydrogen-bond acceptors (Lipinski definition) is 6. The molecule has 4 rings (SSSR count). The number of nitrogens with one attached hydrogen (secondary N) is 1. The van der Waals surface area contributed by atoms with Crippen molar-refractivity contribution in [2.24, 2.45) is 0 Å². The maximum Gasteiger partial charge on any atom is 0.261 e. The third-order valence-corrected chi connectivity index (χ3v) is 7.33. The Kier molecular flexibility index (Phi) is 5.83. The van der Waals surface area contributed by atoms with E-state index in [1.807, 2.05) is 13.8 Å². The number of likely N-dealkylation sites (N-methyl/N-ethyl adjacent to an activating group) is 1. The number of thiophene rings is 1. The van der Waals surface area contributed by atoms with Crippen LogP contribution in [0.4, 0.5) is 5.82 Å². The summed E-state index contributed by atoms with van der Waals surface area (Å²) in [5.74, 6) is 1.83. The zero-order chi connectivity index (χ0) is 19.7. The molecule has 0 spiro atoms. The highest BCUT2D eigenvalue weighted by atomic mass is 32.1. The Morgan fingerprint density at radius 1 is 1.14 bits per heavy atom. The molecular formula is C21H31N5OS. The van der Waals surface area contributed by atoms with Crippen molar-refractivity contribution in [2.75, 3.05) is 37.6 Å². The highest BCUT2D eigenvalue weighted by Gasteiger charge is 2.26. The molecule has 28 heavy (non-hydrogen) atoms. The molecule has 7 heteroatoms. The van der Waals surface area contributed by atoms with Crippen LogP contribution in [0.25, 0.3) is 10.2 Å². The Bertz CT molecular complexity index is 858. The fraction of sp³-hybridized carbons (Fsp3) is 0.667. The first kappa shape index (κ1) is 19.6. The maximum atomic E-state index is 13.0. The van der Waals surface area contributed by atoms with Crippen LogP contribution in [0.2, 0.25) is 0 Å². The zero-order valence-corrected chi connectivity index (χ0v) is 18.1. The molecule has 4 heterocycles. The van der Waals surface area contributed by atoms with Crippen molar-refractivity contribution in [3.63, 3.8) is 0 Å². The molecule has 2 aromatic heterocycles. The van der Waals surface area contributed by atoms with Crippen LogP contribution in [0.1, 0.15) is 60.1 Å². The fourth-order valence-electron chi connectivity index (χ4n) is 4.61. The molecule has 2 aliphatic rings. The van der Waals surface area contributed by atoms with Crippen molar-refractivity contribution in [3.05, 3.63) is 16.3 Å². The van der Waals surface area contributed by atoms with Gasteiger partial charge in [0.25, 0.3) is 5.91 Å². The number of nitrogens with zero attached hydrogens (tertiary/aromatic N) is 4. The molecule has 0 saturated carbocycles. The molecular weight excluding hydrogens is 370 g/mol. The molecule has 2 fully saturated rings. The number of aromatic nitrogens is 2. The second kappa shape index (κ2) is 8.33. The molecule has 1 amide bonds. The lowest BCUT2D eigenvalue weighted by atomic mass is 10.1. The topological polar surface area (TPSA) is 61.4 Å². The Morgan fingerprint density at radius 3 is 2.68 bits per heavy atom. The molecule has 6 nitrogen and oxygen atoms in total. The fourth-order valence-corrected chi connectivity index (χ4v) is 5.74. The number of aryl methyl sites for hydroxylation is 2. The van der Waals surface area contributed by atoms with E-state index in [1.54, 1.807) is 0 Å². The smallest absolute Gasteiger partial charge is 0.261 e. The Hall–Kier alpha value is -1.73. The summed E-state index contributed by atoms with van der Waals surface area (Å²) >= 11 is 1.51. The van der Waals surface area contributed by atoms with Gasteiger partial charge in [-0.1, -0.05) is 6.92 Å². The second-order valence-electron chi connectivity index (χ2n) is 8.01. The number of anilines is 1. The first-order valence-electron chi connectivity index (χ1n) is 10.6. The van der Waals surface area contributed by atoms with Crippen molar-refractivity contribution in [1.82, 2.24) is 20.2 Å². The standard InChI is InChI=1S/C21H31N5OS/c1-4-25-12-8-9-16(25)13-22-20(27)18-14(2)17-19(26-10-6-5-7-11-26)23-15(3)24-21(17)28-18/h16H,4-13H2,1-3H3,(H,22,27). The van der Waals surface area contributed by atoms with E-state index >= 15 is 0 Å². The minimum absolute atomic E-state index is 0.0331. The van der Waals surface area contributed by atoms with Gasteiger partial charge in [-0.3, -0.25) is 9.69 Å². The molecule has 2 aromatic rings. The van der Waals surface area contributed by atoms with Gasteiger partial charge in [-0.05, 0) is 64.6 Å². The van der Waals surface area contributed by atoms with Gasteiger partial charge in [-0.15, -0.1) is 11.3 Å². The van der Waals surface area contributed by atoms with E-state index in [1.165, 1.54) is 43.4 Å². The monoisotopic (exact) mass is 401 g/mol. The Labute approximate surface area is 171 Å². The highest BCUT2D eigenvalue weighted by molar-refractivity contribution is 7.20. The van der Waals surface area contributed by atoms with Gasteiger partial charge in [0.1, 0.15) is 16.5 Å². The number of carbonyl (C=O) groups excluding carboxylic acids is 1. The minimum Gasteiger partial charge on any atom is -0.356 e. The first-order valence-corrected chi connectivity index (χ1v) is 11.4. The summed E-state index contributed by atoms with van der Waals surface area (Å²) in [6.45, 7) is 11.2. The van der Waals surface area contributed by atoms with Gasteiger partial charge in [0.05, 0.1) is 10.3 Å². The number of piperidine rings is 1. The number of carbonyl (C=O) groups is 1. The minimum atomic E-state index is 0.0331. The van der Waals surface area contributed by atoms with Crippen molar-refractivity contribution in [1.29, 1.82) is 0 Å². The summed E-state index contributed by atoms with van der Waals surface area (Å²) in [5, 5.41) is 4.26. The lowest BCUT2D eigenvalue weighted by molar-refractivity contribution is 0.0945. The second-order valence-corrected chi connectivity index (χ2v) is 9.01. The summed E-state index contributed by atoms with van der Waals surface area (Å²) in [5.41, 5.74) is 1.02. The SMILES string of the molecule is CCN1CCCC1CNC(=O)c1sc2nc(C)nc(N3CCCCC3)c2c1C. The summed E-state index contributed by atoms with van der Waals surface area (Å²) in [7, 11) is 0. The van der Waals surface area contributed by atoms with Gasteiger partial charge >= 0.3 is 0 Å². The van der Waals surface area contributed by atoms with Crippen LogP contribution in [0, 0.1) is 13.8 Å². The Morgan fingerprint density at radius 2 is 1.93 bits per heavy atom. The van der Waals surface area contributed by atoms with Crippen LogP contribution >= 0.6 is 11.3 Å². The van der Waals surface area contributed by atoms with Crippen molar-refractivity contribution >= 4 is 33.3 Å². The highest BCUT2D eigenvalue weighted by Crippen LogP contribution is 2.36. The van der Waals surface area contributed by atoms with Gasteiger partial charge in [-0.25, -0.2) is 9.97 Å². The molecule has 1 unspecified atom stereocenters. The lowest BCUT2D eigenvalue weighted by Gasteiger charge is -2.28. The van der Waals surface area contributed by atoms with Gasteiger partial charge in [0.15, 0.2) is 0 Å². The van der Waals surface area contributed by atoms with Crippen molar-refractivity contribution < 1.29 is 4.79 Å². The summed E-state index contributed by atoms with van der Waals surface area (Å²) in [6, 6.07) is 0.467. The van der Waals surface area contributed by atoms with E-state index in [4.69, 9.17) is 4.98 Å². The van der Waals surface area contributed by atoms with E-state index in [0.29, 0.717) is 6.04 Å². The van der Waals surface area contributed by atoms with Gasteiger partial charge < -0.3 is 10.2 Å². The largest absolute Gasteiger partial charge is 0.356 e. The number of likely N-dealkylation sites (tertiary alicyclic amines) is 1. The third kappa shape index (κ3) is 3.74. The van der Waals surface area contributed by atoms with Crippen molar-refractivity contribution in [3.8, 4) is 0 Å². The number of fused-ring (bicyclic) bond motifs is 1. The predicted octanol–water partition coefficient (Wildman–Crippen LogP) is 3.51. The summed E-state index contributed by atoms with van der Waals surface area (Å²) in [6.07, 6.45) is 6.09. The molecule has 0 aromatic carbocycles. The number of amides is 1. The van der Waals surface area contributed by atoms with Gasteiger partial charge in [0.2, 0.25) is 0 Å². The molecule has 2 saturated heterocycles. The molecule has 1 atom stereocenters. The van der Waals surface area contributed by atoms with E-state index in [-0.39, 0.29) is 5.91 Å². The lowest BCUT2D eigenvalue weighted by Crippen LogP contribution is -2.39. The van der Waals surface area contributed by atoms with Gasteiger partial charge in [0, 0.05) is 25.7 Å². The molecule has 1 N–H and O–H groups in total. The molecule has 0 radical (unpaired) electrons. The first-order chi connectivity index (χ1) is 13.6. The van der Waals surface area contributed by atoms with Crippen LogP contribution in [0.5, 0.6) is 0 Å². The number of rotatable bonds is 5. The predicted molar refractivity (Wildman–Crippen MR) is 116 cm³/mol. The summed E-state index contributed by atoms with van der Waals surface area (Å²) < 4.78 is 0. The van der Waals surface area contributed by atoms with Crippen LogP contribution < -0.4 is 10.2 Å². The van der Waals surface area contributed by atoms with E-state index in [9.17, 15) is 4.79 Å². The van der Waals surface area contributed by atoms with Crippen LogP contribution in [0.3, 0.4) is 0 Å².